The average molecular weight is 466 g/mol. The molecule has 0 amide bonds. The fraction of sp³-hybridized carbons (Fsp3) is 0.524. The molecule has 2 aromatic rings. The maximum Gasteiger partial charge on any atom is 0.433 e. The third kappa shape index (κ3) is 5.14. The molecule has 1 saturated carbocycles. The van der Waals surface area contributed by atoms with Gasteiger partial charge in [-0.2, -0.15) is 26.3 Å². The van der Waals surface area contributed by atoms with Gasteiger partial charge in [0.05, 0.1) is 5.56 Å². The molecule has 4 rings (SSSR count). The number of fused-ring (bicyclic) bond motifs is 1. The summed E-state index contributed by atoms with van der Waals surface area (Å²) < 4.78 is 76.4. The first-order chi connectivity index (χ1) is 14.1. The molecular weight excluding hydrogens is 444 g/mol. The molecule has 2 atom stereocenters. The van der Waals surface area contributed by atoms with Crippen LogP contribution in [0.2, 0.25) is 0 Å². The van der Waals surface area contributed by atoms with Crippen LogP contribution in [0, 0.1) is 5.92 Å². The minimum Gasteiger partial charge on any atom is -0.302 e. The molecule has 170 valence electrons. The minimum absolute atomic E-state index is 0. The molecular formula is C21H22ClF6N3. The largest absolute Gasteiger partial charge is 0.433 e. The summed E-state index contributed by atoms with van der Waals surface area (Å²) in [6.45, 7) is 2.52. The van der Waals surface area contributed by atoms with E-state index in [0.29, 0.717) is 18.8 Å². The summed E-state index contributed by atoms with van der Waals surface area (Å²) in [5.41, 5.74) is -0.647. The Kier molecular flexibility index (Phi) is 6.58. The third-order valence-corrected chi connectivity index (χ3v) is 6.12. The second-order valence-corrected chi connectivity index (χ2v) is 8.18. The summed E-state index contributed by atoms with van der Waals surface area (Å²) in [4.78, 5) is 9.78. The standard InChI is InChI=1S/C21H21F6N3.ClH/c22-20(23,24)15-6-4-14(5-7-15)19-11-16(19)12-30(13-19)10-2-1-3-18-28-9-8-17(29-18)21(25,26)27;/h4-9,16H,1-3,10-13H2;1H. The molecule has 1 aromatic heterocycles. The maximum absolute atomic E-state index is 12.8. The molecule has 0 radical (unpaired) electrons. The van der Waals surface area contributed by atoms with Crippen molar-refractivity contribution in [3.8, 4) is 0 Å². The lowest BCUT2D eigenvalue weighted by Gasteiger charge is -2.21. The number of alkyl halides is 6. The number of hydrogen-bond acceptors (Lipinski definition) is 3. The van der Waals surface area contributed by atoms with E-state index in [-0.39, 0.29) is 23.6 Å². The summed E-state index contributed by atoms with van der Waals surface area (Å²) in [5, 5.41) is 0. The average Bonchev–Trinajstić information content (AvgIpc) is 3.26. The monoisotopic (exact) mass is 465 g/mol. The van der Waals surface area contributed by atoms with Gasteiger partial charge in [-0.05, 0) is 55.5 Å². The molecule has 0 spiro atoms. The van der Waals surface area contributed by atoms with Gasteiger partial charge in [0.1, 0.15) is 11.5 Å². The molecule has 1 aliphatic heterocycles. The minimum atomic E-state index is -4.47. The zero-order valence-electron chi connectivity index (χ0n) is 16.5. The number of hydrogen-bond donors (Lipinski definition) is 0. The number of halogens is 7. The van der Waals surface area contributed by atoms with Crippen LogP contribution in [0.1, 0.15) is 41.9 Å². The summed E-state index contributed by atoms with van der Waals surface area (Å²) in [6, 6.07) is 6.35. The van der Waals surface area contributed by atoms with Crippen molar-refractivity contribution in [2.75, 3.05) is 19.6 Å². The first-order valence-electron chi connectivity index (χ1n) is 9.87. The number of piperidine rings is 1. The Bertz CT molecular complexity index is 899. The zero-order valence-corrected chi connectivity index (χ0v) is 17.3. The van der Waals surface area contributed by atoms with Crippen molar-refractivity contribution in [3.63, 3.8) is 0 Å². The van der Waals surface area contributed by atoms with Crippen molar-refractivity contribution in [2.24, 2.45) is 5.92 Å². The molecule has 1 saturated heterocycles. The maximum atomic E-state index is 12.8. The highest BCUT2D eigenvalue weighted by Gasteiger charge is 2.60. The quantitative estimate of drug-likeness (QED) is 0.415. The molecule has 2 aliphatic rings. The molecule has 2 fully saturated rings. The Balaban J connectivity index is 0.00000272. The lowest BCUT2D eigenvalue weighted by molar-refractivity contribution is -0.141. The van der Waals surface area contributed by atoms with Gasteiger partial charge in [-0.15, -0.1) is 12.4 Å². The van der Waals surface area contributed by atoms with E-state index in [1.807, 2.05) is 0 Å². The van der Waals surface area contributed by atoms with Gasteiger partial charge in [-0.1, -0.05) is 12.1 Å². The Morgan fingerprint density at radius 3 is 2.32 bits per heavy atom. The molecule has 0 bridgehead atoms. The van der Waals surface area contributed by atoms with Gasteiger partial charge in [-0.25, -0.2) is 9.97 Å². The molecule has 2 unspecified atom stereocenters. The summed E-state index contributed by atoms with van der Waals surface area (Å²) >= 11 is 0. The van der Waals surface area contributed by atoms with Gasteiger partial charge in [0, 0.05) is 31.1 Å². The Labute approximate surface area is 182 Å². The van der Waals surface area contributed by atoms with Crippen LogP contribution in [-0.4, -0.2) is 34.5 Å². The number of unbranched alkanes of at least 4 members (excludes halogenated alkanes) is 1. The van der Waals surface area contributed by atoms with Gasteiger partial charge in [0.15, 0.2) is 0 Å². The molecule has 3 nitrogen and oxygen atoms in total. The molecule has 2 heterocycles. The van der Waals surface area contributed by atoms with Crippen LogP contribution in [0.3, 0.4) is 0 Å². The highest BCUT2D eigenvalue weighted by atomic mass is 35.5. The van der Waals surface area contributed by atoms with Gasteiger partial charge < -0.3 is 4.90 Å². The first-order valence-corrected chi connectivity index (χ1v) is 9.87. The first kappa shape index (κ1) is 23.8. The van der Waals surface area contributed by atoms with Crippen LogP contribution < -0.4 is 0 Å². The lowest BCUT2D eigenvalue weighted by atomic mass is 9.94. The van der Waals surface area contributed by atoms with Crippen LogP contribution in [0.15, 0.2) is 36.5 Å². The highest BCUT2D eigenvalue weighted by Crippen LogP contribution is 2.59. The van der Waals surface area contributed by atoms with Crippen molar-refractivity contribution in [1.29, 1.82) is 0 Å². The number of aromatic nitrogens is 2. The SMILES string of the molecule is Cl.FC(F)(F)c1ccc(C23CC2CN(CCCCc2nccc(C(F)(F)F)n2)C3)cc1. The van der Waals surface area contributed by atoms with E-state index in [2.05, 4.69) is 14.9 Å². The number of aryl methyl sites for hydroxylation is 1. The highest BCUT2D eigenvalue weighted by molar-refractivity contribution is 5.85. The van der Waals surface area contributed by atoms with E-state index in [1.165, 1.54) is 0 Å². The van der Waals surface area contributed by atoms with E-state index in [4.69, 9.17) is 0 Å². The normalized spacial score (nSPS) is 23.4. The van der Waals surface area contributed by atoms with Crippen molar-refractivity contribution < 1.29 is 26.3 Å². The van der Waals surface area contributed by atoms with Gasteiger partial charge in [-0.3, -0.25) is 0 Å². The van der Waals surface area contributed by atoms with Gasteiger partial charge in [0.2, 0.25) is 0 Å². The Morgan fingerprint density at radius 1 is 0.968 bits per heavy atom. The molecule has 1 aliphatic carbocycles. The van der Waals surface area contributed by atoms with Crippen molar-refractivity contribution in [2.45, 2.75) is 43.5 Å². The second-order valence-electron chi connectivity index (χ2n) is 8.18. The predicted octanol–water partition coefficient (Wildman–Crippen LogP) is 5.53. The molecule has 0 N–H and O–H groups in total. The number of nitrogens with zero attached hydrogens (tertiary/aromatic N) is 3. The van der Waals surface area contributed by atoms with Crippen LogP contribution >= 0.6 is 12.4 Å². The number of rotatable bonds is 6. The predicted molar refractivity (Wildman–Crippen MR) is 105 cm³/mol. The van der Waals surface area contributed by atoms with Crippen molar-refractivity contribution >= 4 is 12.4 Å². The molecule has 10 heteroatoms. The van der Waals surface area contributed by atoms with E-state index in [9.17, 15) is 26.3 Å². The van der Waals surface area contributed by atoms with Crippen LogP contribution in [0.5, 0.6) is 0 Å². The van der Waals surface area contributed by atoms with Gasteiger partial charge >= 0.3 is 12.4 Å². The van der Waals surface area contributed by atoms with E-state index < -0.39 is 23.6 Å². The van der Waals surface area contributed by atoms with Crippen LogP contribution in [0.4, 0.5) is 26.3 Å². The lowest BCUT2D eigenvalue weighted by Crippen LogP contribution is -2.27. The molecule has 31 heavy (non-hydrogen) atoms. The Hall–Kier alpha value is -1.87. The van der Waals surface area contributed by atoms with Crippen LogP contribution in [-0.2, 0) is 24.2 Å². The second kappa shape index (κ2) is 8.58. The number of likely N-dealkylation sites (tertiary alicyclic amines) is 1. The number of benzene rings is 1. The molecule has 1 aromatic carbocycles. The fourth-order valence-electron chi connectivity index (χ4n) is 4.49. The van der Waals surface area contributed by atoms with Crippen molar-refractivity contribution in [1.82, 2.24) is 14.9 Å². The van der Waals surface area contributed by atoms with Crippen LogP contribution in [0.25, 0.3) is 0 Å². The third-order valence-electron chi connectivity index (χ3n) is 6.12. The summed E-state index contributed by atoms with van der Waals surface area (Å²) in [6.07, 6.45) is -4.82. The topological polar surface area (TPSA) is 29.0 Å². The summed E-state index contributed by atoms with van der Waals surface area (Å²) in [5.74, 6) is 0.649. The van der Waals surface area contributed by atoms with Crippen molar-refractivity contribution in [3.05, 3.63) is 59.2 Å². The van der Waals surface area contributed by atoms with E-state index >= 15 is 0 Å². The fourth-order valence-corrected chi connectivity index (χ4v) is 4.49. The Morgan fingerprint density at radius 2 is 1.68 bits per heavy atom. The van der Waals surface area contributed by atoms with E-state index in [0.717, 1.165) is 62.4 Å². The van der Waals surface area contributed by atoms with Gasteiger partial charge in [0.25, 0.3) is 0 Å². The summed E-state index contributed by atoms with van der Waals surface area (Å²) in [7, 11) is 0. The zero-order chi connectivity index (χ0) is 21.6. The van der Waals surface area contributed by atoms with E-state index in [1.54, 1.807) is 12.1 Å². The smallest absolute Gasteiger partial charge is 0.302 e.